The van der Waals surface area contributed by atoms with Crippen LogP contribution in [0.1, 0.15) is 16.7 Å². The van der Waals surface area contributed by atoms with Crippen LogP contribution in [0.25, 0.3) is 0 Å². The molecule has 2 aliphatic heterocycles. The van der Waals surface area contributed by atoms with Crippen LogP contribution in [0.5, 0.6) is 0 Å². The van der Waals surface area contributed by atoms with Gasteiger partial charge >= 0.3 is 0 Å². The highest BCUT2D eigenvalue weighted by atomic mass is 32.1. The fourth-order valence-electron chi connectivity index (χ4n) is 4.29. The van der Waals surface area contributed by atoms with E-state index in [1.54, 1.807) is 0 Å². The third-order valence-electron chi connectivity index (χ3n) is 5.92. The van der Waals surface area contributed by atoms with Gasteiger partial charge in [-0.15, -0.1) is 5.10 Å². The monoisotopic (exact) mass is 421 g/mol. The predicted octanol–water partition coefficient (Wildman–Crippen LogP) is 3.31. The first-order valence-corrected chi connectivity index (χ1v) is 11.0. The van der Waals surface area contributed by atoms with Gasteiger partial charge in [0.2, 0.25) is 10.7 Å². The lowest BCUT2D eigenvalue weighted by molar-refractivity contribution is 0.121. The standard InChI is InChI=1S/C23H27N5OS/c30-23-27(16-19-6-2-1-3-7-19)22(26-12-14-29-15-13-26)24-28(23)18-25-11-10-20-8-4-5-9-21(20)17-25/h1-9H,10-18H2. The SMILES string of the molecule is S=c1n(CN2CCc3ccccc3C2)nc(N2CCOCC2)n1Cc1ccccc1. The molecule has 3 aromatic rings. The normalized spacial score (nSPS) is 17.1. The minimum Gasteiger partial charge on any atom is -0.378 e. The highest BCUT2D eigenvalue weighted by Crippen LogP contribution is 2.21. The lowest BCUT2D eigenvalue weighted by Gasteiger charge is -2.28. The van der Waals surface area contributed by atoms with E-state index in [0.29, 0.717) is 6.67 Å². The van der Waals surface area contributed by atoms with Gasteiger partial charge in [0.1, 0.15) is 0 Å². The summed E-state index contributed by atoms with van der Waals surface area (Å²) in [5.41, 5.74) is 4.10. The first-order valence-electron chi connectivity index (χ1n) is 10.6. The van der Waals surface area contributed by atoms with Crippen LogP contribution in [-0.2, 0) is 30.9 Å². The summed E-state index contributed by atoms with van der Waals surface area (Å²) in [6.07, 6.45) is 1.07. The minimum atomic E-state index is 0.715. The number of morpholine rings is 1. The Morgan fingerprint density at radius 3 is 2.43 bits per heavy atom. The van der Waals surface area contributed by atoms with Crippen molar-refractivity contribution in [2.24, 2.45) is 0 Å². The van der Waals surface area contributed by atoms with Gasteiger partial charge < -0.3 is 9.64 Å². The summed E-state index contributed by atoms with van der Waals surface area (Å²) in [4.78, 5) is 4.73. The quantitative estimate of drug-likeness (QED) is 0.591. The summed E-state index contributed by atoms with van der Waals surface area (Å²) in [5, 5.41) is 4.98. The molecule has 0 amide bonds. The molecule has 30 heavy (non-hydrogen) atoms. The minimum absolute atomic E-state index is 0.715. The number of aromatic nitrogens is 3. The van der Waals surface area contributed by atoms with Gasteiger partial charge in [-0.25, -0.2) is 4.68 Å². The van der Waals surface area contributed by atoms with E-state index < -0.39 is 0 Å². The van der Waals surface area contributed by atoms with E-state index in [-0.39, 0.29) is 0 Å². The molecule has 0 radical (unpaired) electrons. The van der Waals surface area contributed by atoms with Crippen LogP contribution in [-0.4, -0.2) is 52.1 Å². The van der Waals surface area contributed by atoms with Gasteiger partial charge in [-0.1, -0.05) is 54.6 Å². The largest absolute Gasteiger partial charge is 0.378 e. The van der Waals surface area contributed by atoms with E-state index in [1.165, 1.54) is 16.7 Å². The maximum atomic E-state index is 5.91. The van der Waals surface area contributed by atoms with Gasteiger partial charge in [-0.05, 0) is 35.3 Å². The number of hydrogen-bond acceptors (Lipinski definition) is 5. The Hall–Kier alpha value is -2.48. The number of fused-ring (bicyclic) bond motifs is 1. The third kappa shape index (κ3) is 4.05. The topological polar surface area (TPSA) is 38.5 Å². The molecule has 0 N–H and O–H groups in total. The van der Waals surface area contributed by atoms with Gasteiger partial charge in [0.15, 0.2) is 0 Å². The second-order valence-corrected chi connectivity index (χ2v) is 8.33. The summed E-state index contributed by atoms with van der Waals surface area (Å²) in [7, 11) is 0. The fraction of sp³-hybridized carbons (Fsp3) is 0.391. The van der Waals surface area contributed by atoms with Crippen molar-refractivity contribution in [2.45, 2.75) is 26.2 Å². The van der Waals surface area contributed by atoms with Crippen LogP contribution >= 0.6 is 12.2 Å². The number of ether oxygens (including phenoxy) is 1. The van der Waals surface area contributed by atoms with E-state index in [1.807, 2.05) is 10.7 Å². The molecule has 7 heteroatoms. The average Bonchev–Trinajstić information content (AvgIpc) is 3.10. The molecule has 1 aromatic heterocycles. The third-order valence-corrected chi connectivity index (χ3v) is 6.36. The van der Waals surface area contributed by atoms with E-state index in [9.17, 15) is 0 Å². The number of hydrogen-bond donors (Lipinski definition) is 0. The van der Waals surface area contributed by atoms with Crippen molar-refractivity contribution in [3.05, 3.63) is 76.1 Å². The molecule has 0 unspecified atom stereocenters. The first-order chi connectivity index (χ1) is 14.8. The van der Waals surface area contributed by atoms with Gasteiger partial charge in [0.05, 0.1) is 26.4 Å². The van der Waals surface area contributed by atoms with Gasteiger partial charge in [0, 0.05) is 26.2 Å². The zero-order valence-corrected chi connectivity index (χ0v) is 17.9. The summed E-state index contributed by atoms with van der Waals surface area (Å²) in [6.45, 7) is 6.56. The van der Waals surface area contributed by atoms with Crippen molar-refractivity contribution in [3.8, 4) is 0 Å². The van der Waals surface area contributed by atoms with E-state index in [4.69, 9.17) is 22.1 Å². The molecule has 1 saturated heterocycles. The Morgan fingerprint density at radius 2 is 1.63 bits per heavy atom. The average molecular weight is 422 g/mol. The van der Waals surface area contributed by atoms with E-state index in [2.05, 4.69) is 62.9 Å². The van der Waals surface area contributed by atoms with E-state index in [0.717, 1.165) is 63.1 Å². The van der Waals surface area contributed by atoms with Gasteiger partial charge in [-0.2, -0.15) is 0 Å². The highest BCUT2D eigenvalue weighted by molar-refractivity contribution is 7.71. The Balaban J connectivity index is 1.43. The smallest absolute Gasteiger partial charge is 0.226 e. The molecule has 1 fully saturated rings. The predicted molar refractivity (Wildman–Crippen MR) is 120 cm³/mol. The first kappa shape index (κ1) is 19.5. The van der Waals surface area contributed by atoms with Crippen molar-refractivity contribution >= 4 is 18.2 Å². The molecule has 0 atom stereocenters. The Morgan fingerprint density at radius 1 is 0.900 bits per heavy atom. The molecule has 3 heterocycles. The highest BCUT2D eigenvalue weighted by Gasteiger charge is 2.22. The summed E-state index contributed by atoms with van der Waals surface area (Å²) in [5.74, 6) is 0.949. The maximum Gasteiger partial charge on any atom is 0.226 e. The second-order valence-electron chi connectivity index (χ2n) is 7.97. The van der Waals surface area contributed by atoms with Gasteiger partial charge in [-0.3, -0.25) is 9.47 Å². The molecule has 6 nitrogen and oxygen atoms in total. The van der Waals surface area contributed by atoms with Crippen LogP contribution in [0.15, 0.2) is 54.6 Å². The van der Waals surface area contributed by atoms with Crippen molar-refractivity contribution in [1.82, 2.24) is 19.2 Å². The lowest BCUT2D eigenvalue weighted by Crippen LogP contribution is -2.38. The molecular weight excluding hydrogens is 394 g/mol. The molecular formula is C23H27N5OS. The zero-order chi connectivity index (χ0) is 20.3. The molecule has 156 valence electrons. The Labute approximate surface area is 182 Å². The number of benzene rings is 2. The summed E-state index contributed by atoms with van der Waals surface area (Å²) in [6, 6.07) is 19.2. The second kappa shape index (κ2) is 8.71. The molecule has 2 aromatic carbocycles. The van der Waals surface area contributed by atoms with Gasteiger partial charge in [0.25, 0.3) is 0 Å². The number of anilines is 1. The maximum absolute atomic E-state index is 5.91. The van der Waals surface area contributed by atoms with Crippen LogP contribution in [0.2, 0.25) is 0 Å². The van der Waals surface area contributed by atoms with Crippen molar-refractivity contribution < 1.29 is 4.74 Å². The van der Waals surface area contributed by atoms with Crippen molar-refractivity contribution in [1.29, 1.82) is 0 Å². The van der Waals surface area contributed by atoms with Crippen LogP contribution < -0.4 is 4.90 Å². The van der Waals surface area contributed by atoms with Crippen molar-refractivity contribution in [3.63, 3.8) is 0 Å². The summed E-state index contributed by atoms with van der Waals surface area (Å²) < 4.78 is 10.5. The summed E-state index contributed by atoms with van der Waals surface area (Å²) >= 11 is 5.91. The molecule has 0 bridgehead atoms. The van der Waals surface area contributed by atoms with E-state index >= 15 is 0 Å². The molecule has 0 saturated carbocycles. The lowest BCUT2D eigenvalue weighted by atomic mass is 10.0. The molecule has 5 rings (SSSR count). The molecule has 0 spiro atoms. The Kier molecular flexibility index (Phi) is 5.66. The Bertz CT molecular complexity index is 1050. The number of nitrogens with zero attached hydrogens (tertiary/aromatic N) is 5. The van der Waals surface area contributed by atoms with Crippen molar-refractivity contribution in [2.75, 3.05) is 37.7 Å². The number of rotatable bonds is 5. The molecule has 2 aliphatic rings. The zero-order valence-electron chi connectivity index (χ0n) is 17.1. The van der Waals surface area contributed by atoms with Crippen LogP contribution in [0, 0.1) is 4.77 Å². The van der Waals surface area contributed by atoms with Crippen LogP contribution in [0.3, 0.4) is 0 Å². The van der Waals surface area contributed by atoms with Crippen LogP contribution in [0.4, 0.5) is 5.95 Å². The molecule has 0 aliphatic carbocycles. The fourth-order valence-corrected chi connectivity index (χ4v) is 4.53.